The molecule has 5 nitrogen and oxygen atoms in total. The van der Waals surface area contributed by atoms with Gasteiger partial charge in [-0.25, -0.2) is 4.98 Å². The van der Waals surface area contributed by atoms with Gasteiger partial charge in [-0.1, -0.05) is 24.3 Å². The van der Waals surface area contributed by atoms with Gasteiger partial charge in [0.15, 0.2) is 0 Å². The Kier molecular flexibility index (Phi) is 5.74. The Morgan fingerprint density at radius 1 is 1.04 bits per heavy atom. The van der Waals surface area contributed by atoms with Gasteiger partial charge >= 0.3 is 0 Å². The Morgan fingerprint density at radius 3 is 2.57 bits per heavy atom. The van der Waals surface area contributed by atoms with Crippen molar-refractivity contribution in [3.05, 3.63) is 66.1 Å². The maximum atomic E-state index is 5.98. The summed E-state index contributed by atoms with van der Waals surface area (Å²) in [6.07, 6.45) is 2.14. The average Bonchev–Trinajstić information content (AvgIpc) is 3.10. The normalized spacial score (nSPS) is 15.1. The molecule has 0 unspecified atom stereocenters. The van der Waals surface area contributed by atoms with Crippen LogP contribution in [0.2, 0.25) is 0 Å². The van der Waals surface area contributed by atoms with E-state index in [-0.39, 0.29) is 0 Å². The van der Waals surface area contributed by atoms with Crippen molar-refractivity contribution >= 4 is 0 Å². The topological polar surface area (TPSA) is 47.7 Å². The number of para-hydroxylation sites is 1. The summed E-state index contributed by atoms with van der Waals surface area (Å²) in [7, 11) is 2.15. The zero-order valence-corrected chi connectivity index (χ0v) is 16.4. The number of aromatic nitrogens is 1. The fraction of sp³-hybridized carbons (Fsp3) is 0.348. The first kappa shape index (κ1) is 18.7. The van der Waals surface area contributed by atoms with E-state index < -0.39 is 0 Å². The molecule has 0 N–H and O–H groups in total. The Hall–Kier alpha value is -2.63. The van der Waals surface area contributed by atoms with Gasteiger partial charge < -0.3 is 13.9 Å². The summed E-state index contributed by atoms with van der Waals surface area (Å²) in [5, 5.41) is 0. The first-order chi connectivity index (χ1) is 13.7. The number of rotatable bonds is 6. The largest absolute Gasteiger partial charge is 0.457 e. The maximum absolute atomic E-state index is 5.98. The highest BCUT2D eigenvalue weighted by molar-refractivity contribution is 5.57. The van der Waals surface area contributed by atoms with Gasteiger partial charge in [0.2, 0.25) is 5.89 Å². The monoisotopic (exact) mass is 378 g/mol. The highest BCUT2D eigenvalue weighted by Gasteiger charge is 2.21. The van der Waals surface area contributed by atoms with Crippen molar-refractivity contribution in [2.75, 3.05) is 20.3 Å². The Morgan fingerprint density at radius 2 is 1.79 bits per heavy atom. The lowest BCUT2D eigenvalue weighted by atomic mass is 10.1. The molecule has 1 fully saturated rings. The second-order valence-electron chi connectivity index (χ2n) is 7.22. The van der Waals surface area contributed by atoms with Crippen LogP contribution in [0.25, 0.3) is 11.5 Å². The first-order valence-electron chi connectivity index (χ1n) is 9.76. The van der Waals surface area contributed by atoms with E-state index >= 15 is 0 Å². The molecule has 0 radical (unpaired) electrons. The minimum absolute atomic E-state index is 0.538. The van der Waals surface area contributed by atoms with Crippen molar-refractivity contribution in [1.29, 1.82) is 0 Å². The van der Waals surface area contributed by atoms with E-state index in [1.54, 1.807) is 0 Å². The van der Waals surface area contributed by atoms with Crippen LogP contribution in [0, 0.1) is 6.92 Å². The molecule has 1 aliphatic rings. The molecule has 1 saturated heterocycles. The molecule has 1 aliphatic heterocycles. The molecule has 28 heavy (non-hydrogen) atoms. The van der Waals surface area contributed by atoms with Crippen LogP contribution >= 0.6 is 0 Å². The lowest BCUT2D eigenvalue weighted by Gasteiger charge is -2.30. The zero-order chi connectivity index (χ0) is 19.3. The maximum Gasteiger partial charge on any atom is 0.226 e. The molecule has 3 aromatic rings. The number of benzene rings is 2. The summed E-state index contributed by atoms with van der Waals surface area (Å²) in [6.45, 7) is 4.44. The average molecular weight is 378 g/mol. The van der Waals surface area contributed by atoms with Crippen LogP contribution in [0.3, 0.4) is 0 Å². The second kappa shape index (κ2) is 8.59. The fourth-order valence-electron chi connectivity index (χ4n) is 3.51. The molecular formula is C23H26N2O3. The van der Waals surface area contributed by atoms with Gasteiger partial charge in [-0.3, -0.25) is 4.90 Å². The first-order valence-corrected chi connectivity index (χ1v) is 9.76. The van der Waals surface area contributed by atoms with Gasteiger partial charge in [-0.2, -0.15) is 0 Å². The van der Waals surface area contributed by atoms with Crippen LogP contribution in [0.15, 0.2) is 59.0 Å². The summed E-state index contributed by atoms with van der Waals surface area (Å²) in [5.41, 5.74) is 1.90. The van der Waals surface area contributed by atoms with E-state index in [0.717, 1.165) is 61.1 Å². The minimum Gasteiger partial charge on any atom is -0.457 e. The van der Waals surface area contributed by atoms with Crippen molar-refractivity contribution in [1.82, 2.24) is 9.88 Å². The summed E-state index contributed by atoms with van der Waals surface area (Å²) >= 11 is 0. The van der Waals surface area contributed by atoms with Crippen molar-refractivity contribution in [2.24, 2.45) is 0 Å². The summed E-state index contributed by atoms with van der Waals surface area (Å²) in [6, 6.07) is 18.1. The third kappa shape index (κ3) is 4.43. The molecular weight excluding hydrogens is 352 g/mol. The lowest BCUT2D eigenvalue weighted by Crippen LogP contribution is -2.36. The Bertz CT molecular complexity index is 901. The molecule has 0 spiro atoms. The lowest BCUT2D eigenvalue weighted by molar-refractivity contribution is 0.0402. The van der Waals surface area contributed by atoms with E-state index in [9.17, 15) is 0 Å². The molecule has 0 atom stereocenters. The van der Waals surface area contributed by atoms with Gasteiger partial charge in [0.05, 0.1) is 5.69 Å². The number of aryl methyl sites for hydroxylation is 1. The van der Waals surface area contributed by atoms with Crippen LogP contribution in [-0.4, -0.2) is 36.2 Å². The van der Waals surface area contributed by atoms with E-state index in [2.05, 4.69) is 11.9 Å². The van der Waals surface area contributed by atoms with Crippen molar-refractivity contribution in [2.45, 2.75) is 32.4 Å². The van der Waals surface area contributed by atoms with Crippen molar-refractivity contribution < 1.29 is 13.9 Å². The van der Waals surface area contributed by atoms with Crippen LogP contribution < -0.4 is 4.74 Å². The molecule has 5 heteroatoms. The van der Waals surface area contributed by atoms with Crippen LogP contribution in [-0.2, 0) is 11.3 Å². The highest BCUT2D eigenvalue weighted by Crippen LogP contribution is 2.28. The number of hydrogen-bond acceptors (Lipinski definition) is 5. The summed E-state index contributed by atoms with van der Waals surface area (Å²) in [4.78, 5) is 7.12. The van der Waals surface area contributed by atoms with Crippen LogP contribution in [0.4, 0.5) is 0 Å². The molecule has 0 saturated carbocycles. The molecule has 2 aromatic carbocycles. The molecule has 0 bridgehead atoms. The smallest absolute Gasteiger partial charge is 0.226 e. The zero-order valence-electron chi connectivity index (χ0n) is 16.4. The number of ether oxygens (including phenoxy) is 2. The highest BCUT2D eigenvalue weighted by atomic mass is 16.5. The number of hydrogen-bond donors (Lipinski definition) is 0. The number of nitrogens with zero attached hydrogens (tertiary/aromatic N) is 2. The quantitative estimate of drug-likeness (QED) is 0.600. The standard InChI is InChI=1S/C23H26N2O3/c1-17-22(16-25(2)19-11-13-26-14-12-19)24-23(27-17)18-7-6-10-21(15-18)28-20-8-4-3-5-9-20/h3-10,15,19H,11-14,16H2,1-2H3. The van der Waals surface area contributed by atoms with Crippen LogP contribution in [0.5, 0.6) is 11.5 Å². The molecule has 4 rings (SSSR count). The van der Waals surface area contributed by atoms with Crippen LogP contribution in [0.1, 0.15) is 24.3 Å². The van der Waals surface area contributed by atoms with E-state index in [4.69, 9.17) is 18.9 Å². The van der Waals surface area contributed by atoms with Gasteiger partial charge in [0, 0.05) is 31.4 Å². The number of oxazole rings is 1. The van der Waals surface area contributed by atoms with E-state index in [1.165, 1.54) is 0 Å². The molecule has 0 aliphatic carbocycles. The SMILES string of the molecule is Cc1oc(-c2cccc(Oc3ccccc3)c2)nc1CN(C)C1CCOCC1. The van der Waals surface area contributed by atoms with Gasteiger partial charge in [0.1, 0.15) is 17.3 Å². The van der Waals surface area contributed by atoms with Gasteiger partial charge in [-0.15, -0.1) is 0 Å². The molecule has 1 aromatic heterocycles. The van der Waals surface area contributed by atoms with Gasteiger partial charge in [-0.05, 0) is 57.1 Å². The third-order valence-electron chi connectivity index (χ3n) is 5.17. The predicted octanol–water partition coefficient (Wildman–Crippen LogP) is 5.05. The van der Waals surface area contributed by atoms with Crippen molar-refractivity contribution in [3.63, 3.8) is 0 Å². The molecule has 0 amide bonds. The predicted molar refractivity (Wildman–Crippen MR) is 109 cm³/mol. The molecule has 2 heterocycles. The van der Waals surface area contributed by atoms with E-state index in [0.29, 0.717) is 11.9 Å². The Balaban J connectivity index is 1.49. The molecule has 146 valence electrons. The van der Waals surface area contributed by atoms with Gasteiger partial charge in [0.25, 0.3) is 0 Å². The summed E-state index contributed by atoms with van der Waals surface area (Å²) in [5.74, 6) is 3.07. The van der Waals surface area contributed by atoms with E-state index in [1.807, 2.05) is 61.5 Å². The fourth-order valence-corrected chi connectivity index (χ4v) is 3.51. The Labute approximate surface area is 165 Å². The minimum atomic E-state index is 0.538. The summed E-state index contributed by atoms with van der Waals surface area (Å²) < 4.78 is 17.4. The van der Waals surface area contributed by atoms with Crippen molar-refractivity contribution in [3.8, 4) is 23.0 Å². The second-order valence-corrected chi connectivity index (χ2v) is 7.22. The third-order valence-corrected chi connectivity index (χ3v) is 5.17.